The van der Waals surface area contributed by atoms with E-state index in [-0.39, 0.29) is 12.1 Å². The number of carbonyl (C=O) groups is 3. The van der Waals surface area contributed by atoms with Gasteiger partial charge in [0.2, 0.25) is 0 Å². The summed E-state index contributed by atoms with van der Waals surface area (Å²) < 4.78 is 25.1. The van der Waals surface area contributed by atoms with E-state index in [1.165, 1.54) is 31.7 Å². The van der Waals surface area contributed by atoms with E-state index in [2.05, 4.69) is 16.9 Å². The van der Waals surface area contributed by atoms with E-state index in [9.17, 15) is 14.4 Å². The van der Waals surface area contributed by atoms with Crippen molar-refractivity contribution < 1.29 is 33.3 Å². The van der Waals surface area contributed by atoms with Gasteiger partial charge in [-0.3, -0.25) is 24.4 Å². The number of aromatic nitrogens is 4. The minimum atomic E-state index is -1.04. The quantitative estimate of drug-likeness (QED) is 0.457. The molecule has 4 atom stereocenters. The molecule has 3 rings (SSSR count). The number of ether oxygens (including phenoxy) is 4. The molecule has 0 aromatic carbocycles. The second-order valence-corrected chi connectivity index (χ2v) is 7.48. The Morgan fingerprint density at radius 1 is 1.06 bits per heavy atom. The average Bonchev–Trinajstić information content (AvgIpc) is 3.28. The summed E-state index contributed by atoms with van der Waals surface area (Å²) in [6, 6.07) is 0. The van der Waals surface area contributed by atoms with Crippen LogP contribution < -0.4 is 5.49 Å². The first-order valence-electron chi connectivity index (χ1n) is 10.3. The molecule has 2 aromatic heterocycles. The molecule has 2 aromatic rings. The van der Waals surface area contributed by atoms with Gasteiger partial charge in [-0.1, -0.05) is 13.3 Å². The highest BCUT2D eigenvalue weighted by Gasteiger charge is 2.51. The zero-order valence-electron chi connectivity index (χ0n) is 18.4. The highest BCUT2D eigenvalue weighted by Crippen LogP contribution is 2.35. The first kappa shape index (κ1) is 23.4. The standard InChI is InChI=1S/C20H27N5O7/c1-5-6-7-24-9-23-19-15(18(24)21)22-10-25(19)20-17(31-13(4)28)16(30-12(3)27)14(32-20)8-29-11(2)26/h9-10,14,16-17,20-21H,5-8H2,1-4H3/t14-,16-,17-,20-/m1/s1. The normalized spacial score (nSPS) is 22.6. The van der Waals surface area contributed by atoms with Crippen molar-refractivity contribution in [3.63, 3.8) is 0 Å². The van der Waals surface area contributed by atoms with Crippen molar-refractivity contribution in [2.24, 2.45) is 0 Å². The molecule has 1 aliphatic rings. The van der Waals surface area contributed by atoms with Crippen LogP contribution in [0.5, 0.6) is 0 Å². The summed E-state index contributed by atoms with van der Waals surface area (Å²) in [5, 5.41) is 8.44. The zero-order chi connectivity index (χ0) is 23.4. The van der Waals surface area contributed by atoms with Gasteiger partial charge in [-0.2, -0.15) is 0 Å². The fraction of sp³-hybridized carbons (Fsp3) is 0.600. The smallest absolute Gasteiger partial charge is 0.303 e. The Morgan fingerprint density at radius 2 is 1.75 bits per heavy atom. The molecule has 32 heavy (non-hydrogen) atoms. The topological polar surface area (TPSA) is 148 Å². The molecule has 0 amide bonds. The van der Waals surface area contributed by atoms with Gasteiger partial charge in [-0.05, 0) is 6.42 Å². The maximum atomic E-state index is 11.8. The van der Waals surface area contributed by atoms with Crippen LogP contribution >= 0.6 is 0 Å². The lowest BCUT2D eigenvalue weighted by Gasteiger charge is -2.23. The van der Waals surface area contributed by atoms with Crippen molar-refractivity contribution in [2.45, 2.75) is 71.6 Å². The number of esters is 3. The monoisotopic (exact) mass is 449 g/mol. The number of hydrogen-bond acceptors (Lipinski definition) is 10. The Balaban J connectivity index is 2.01. The number of imidazole rings is 1. The van der Waals surface area contributed by atoms with Gasteiger partial charge in [-0.25, -0.2) is 9.97 Å². The minimum absolute atomic E-state index is 0.192. The molecule has 174 valence electrons. The fourth-order valence-electron chi connectivity index (χ4n) is 3.57. The lowest BCUT2D eigenvalue weighted by molar-refractivity contribution is -0.166. The van der Waals surface area contributed by atoms with Crippen molar-refractivity contribution >= 4 is 29.1 Å². The lowest BCUT2D eigenvalue weighted by Crippen LogP contribution is -2.40. The second-order valence-electron chi connectivity index (χ2n) is 7.48. The number of nitrogens with zero attached hydrogens (tertiary/aromatic N) is 4. The van der Waals surface area contributed by atoms with Crippen LogP contribution in [0.3, 0.4) is 0 Å². The summed E-state index contributed by atoms with van der Waals surface area (Å²) in [4.78, 5) is 43.5. The molecule has 12 nitrogen and oxygen atoms in total. The van der Waals surface area contributed by atoms with E-state index < -0.39 is 42.4 Å². The van der Waals surface area contributed by atoms with E-state index in [4.69, 9.17) is 24.4 Å². The molecule has 1 fully saturated rings. The molecular weight excluding hydrogens is 422 g/mol. The van der Waals surface area contributed by atoms with E-state index in [0.29, 0.717) is 17.7 Å². The van der Waals surface area contributed by atoms with Crippen LogP contribution in [0.2, 0.25) is 0 Å². The summed E-state index contributed by atoms with van der Waals surface area (Å²) in [5.41, 5.74) is 0.887. The number of nitrogens with one attached hydrogen (secondary N) is 1. The molecule has 1 aliphatic heterocycles. The van der Waals surface area contributed by atoms with Crippen LogP contribution in [0.4, 0.5) is 0 Å². The number of hydrogen-bond donors (Lipinski definition) is 1. The molecule has 0 unspecified atom stereocenters. The Morgan fingerprint density at radius 3 is 2.38 bits per heavy atom. The molecule has 0 bridgehead atoms. The summed E-state index contributed by atoms with van der Waals surface area (Å²) in [6.45, 7) is 6.18. The zero-order valence-corrected chi connectivity index (χ0v) is 18.4. The van der Waals surface area contributed by atoms with Crippen LogP contribution in [0, 0.1) is 5.41 Å². The molecule has 3 heterocycles. The predicted octanol–water partition coefficient (Wildman–Crippen LogP) is 0.836. The van der Waals surface area contributed by atoms with Crippen LogP contribution in [0.25, 0.3) is 11.2 Å². The average molecular weight is 449 g/mol. The lowest BCUT2D eigenvalue weighted by atomic mass is 10.1. The summed E-state index contributed by atoms with van der Waals surface area (Å²) in [5.74, 6) is -1.75. The largest absolute Gasteiger partial charge is 0.463 e. The molecule has 1 saturated heterocycles. The molecule has 0 radical (unpaired) electrons. The van der Waals surface area contributed by atoms with Gasteiger partial charge in [0.25, 0.3) is 0 Å². The van der Waals surface area contributed by atoms with Crippen molar-refractivity contribution in [2.75, 3.05) is 6.61 Å². The van der Waals surface area contributed by atoms with Gasteiger partial charge < -0.3 is 23.5 Å². The fourth-order valence-corrected chi connectivity index (χ4v) is 3.57. The van der Waals surface area contributed by atoms with Crippen molar-refractivity contribution in [1.29, 1.82) is 5.41 Å². The van der Waals surface area contributed by atoms with Crippen LogP contribution in [-0.2, 0) is 39.9 Å². The summed E-state index contributed by atoms with van der Waals surface area (Å²) >= 11 is 0. The predicted molar refractivity (Wildman–Crippen MR) is 108 cm³/mol. The number of unbranched alkanes of at least 4 members (excludes halogenated alkanes) is 1. The molecule has 12 heteroatoms. The SMILES string of the molecule is CCCCn1cnc2c(ncn2[C@@H]2O[C@H](COC(C)=O)[C@@H](OC(C)=O)[C@H]2OC(C)=O)c1=N. The minimum Gasteiger partial charge on any atom is -0.463 e. The van der Waals surface area contributed by atoms with Gasteiger partial charge in [0.15, 0.2) is 29.6 Å². The van der Waals surface area contributed by atoms with Crippen LogP contribution in [-0.4, -0.2) is 61.9 Å². The number of aryl methyl sites for hydroxylation is 1. The molecule has 1 N–H and O–H groups in total. The van der Waals surface area contributed by atoms with E-state index in [1.54, 1.807) is 10.9 Å². The van der Waals surface area contributed by atoms with Crippen molar-refractivity contribution in [3.05, 3.63) is 18.1 Å². The third kappa shape index (κ3) is 4.96. The second kappa shape index (κ2) is 9.90. The van der Waals surface area contributed by atoms with E-state index in [1.807, 2.05) is 0 Å². The summed E-state index contributed by atoms with van der Waals surface area (Å²) in [6.07, 6.45) is 0.932. The number of fused-ring (bicyclic) bond motifs is 1. The Bertz CT molecular complexity index is 1060. The summed E-state index contributed by atoms with van der Waals surface area (Å²) in [7, 11) is 0. The Hall–Kier alpha value is -3.28. The first-order chi connectivity index (χ1) is 15.2. The molecular formula is C20H27N5O7. The van der Waals surface area contributed by atoms with Gasteiger partial charge in [0.1, 0.15) is 18.2 Å². The van der Waals surface area contributed by atoms with Gasteiger partial charge >= 0.3 is 17.9 Å². The van der Waals surface area contributed by atoms with Gasteiger partial charge in [0, 0.05) is 27.3 Å². The van der Waals surface area contributed by atoms with E-state index >= 15 is 0 Å². The third-order valence-corrected chi connectivity index (χ3v) is 4.97. The third-order valence-electron chi connectivity index (χ3n) is 4.97. The van der Waals surface area contributed by atoms with Gasteiger partial charge in [-0.15, -0.1) is 0 Å². The highest BCUT2D eigenvalue weighted by molar-refractivity contribution is 5.69. The number of carbonyl (C=O) groups excluding carboxylic acids is 3. The molecule has 0 saturated carbocycles. The highest BCUT2D eigenvalue weighted by atomic mass is 16.7. The van der Waals surface area contributed by atoms with Crippen molar-refractivity contribution in [3.8, 4) is 0 Å². The van der Waals surface area contributed by atoms with Crippen LogP contribution in [0.1, 0.15) is 46.8 Å². The van der Waals surface area contributed by atoms with Crippen molar-refractivity contribution in [1.82, 2.24) is 19.1 Å². The maximum absolute atomic E-state index is 11.8. The maximum Gasteiger partial charge on any atom is 0.303 e. The van der Waals surface area contributed by atoms with E-state index in [0.717, 1.165) is 12.8 Å². The molecule has 0 spiro atoms. The van der Waals surface area contributed by atoms with Crippen LogP contribution in [0.15, 0.2) is 12.7 Å². The Kier molecular flexibility index (Phi) is 7.23. The number of rotatable bonds is 8. The first-order valence-corrected chi connectivity index (χ1v) is 10.3. The Labute approximate surface area is 183 Å². The molecule has 0 aliphatic carbocycles. The van der Waals surface area contributed by atoms with Gasteiger partial charge in [0.05, 0.1) is 12.7 Å².